The van der Waals surface area contributed by atoms with Crippen LogP contribution in [-0.2, 0) is 0 Å². The highest BCUT2D eigenvalue weighted by molar-refractivity contribution is 9.10. The van der Waals surface area contributed by atoms with Crippen LogP contribution in [0.25, 0.3) is 11.3 Å². The maximum absolute atomic E-state index is 5.40. The number of hydrogen-bond acceptors (Lipinski definition) is 4. The number of benzene rings is 1. The van der Waals surface area contributed by atoms with Gasteiger partial charge < -0.3 is 11.1 Å². The first-order chi connectivity index (χ1) is 8.31. The molecule has 0 fully saturated rings. The molecule has 88 valence electrons. The molecule has 0 bridgehead atoms. The Bertz CT molecular complexity index is 484. The Morgan fingerprint density at radius 3 is 2.59 bits per heavy atom. The van der Waals surface area contributed by atoms with E-state index in [-0.39, 0.29) is 0 Å². The zero-order chi connectivity index (χ0) is 12.1. The van der Waals surface area contributed by atoms with Crippen molar-refractivity contribution >= 4 is 21.7 Å². The first-order valence-electron chi connectivity index (χ1n) is 5.34. The van der Waals surface area contributed by atoms with Crippen molar-refractivity contribution in [2.75, 3.05) is 18.4 Å². The van der Waals surface area contributed by atoms with E-state index in [1.807, 2.05) is 36.4 Å². The third kappa shape index (κ3) is 3.01. The lowest BCUT2D eigenvalue weighted by molar-refractivity contribution is 0.974. The molecule has 0 aliphatic heterocycles. The molecule has 4 nitrogen and oxygen atoms in total. The van der Waals surface area contributed by atoms with Crippen LogP contribution in [0.4, 0.5) is 5.82 Å². The van der Waals surface area contributed by atoms with Gasteiger partial charge in [-0.1, -0.05) is 34.1 Å². The van der Waals surface area contributed by atoms with E-state index in [4.69, 9.17) is 5.73 Å². The molecule has 0 radical (unpaired) electrons. The number of halogens is 1. The number of aromatic nitrogens is 2. The molecule has 1 heterocycles. The molecule has 0 saturated carbocycles. The van der Waals surface area contributed by atoms with Gasteiger partial charge >= 0.3 is 0 Å². The van der Waals surface area contributed by atoms with Crippen molar-refractivity contribution in [3.8, 4) is 11.3 Å². The fourth-order valence-electron chi connectivity index (χ4n) is 1.44. The Balaban J connectivity index is 2.21. The minimum atomic E-state index is 0.577. The molecule has 0 spiro atoms. The molecule has 0 amide bonds. The molecule has 0 aliphatic rings. The summed E-state index contributed by atoms with van der Waals surface area (Å²) in [5.41, 5.74) is 7.28. The van der Waals surface area contributed by atoms with Gasteiger partial charge in [0.05, 0.1) is 5.69 Å². The summed E-state index contributed by atoms with van der Waals surface area (Å²) in [6.45, 7) is 1.27. The van der Waals surface area contributed by atoms with E-state index in [0.717, 1.165) is 21.5 Å². The Labute approximate surface area is 108 Å². The number of anilines is 1. The Morgan fingerprint density at radius 2 is 1.94 bits per heavy atom. The van der Waals surface area contributed by atoms with E-state index in [2.05, 4.69) is 31.4 Å². The second kappa shape index (κ2) is 5.75. The zero-order valence-electron chi connectivity index (χ0n) is 9.23. The number of nitrogens with zero attached hydrogens (tertiary/aromatic N) is 2. The van der Waals surface area contributed by atoms with Crippen LogP contribution < -0.4 is 11.1 Å². The van der Waals surface area contributed by atoms with Crippen LogP contribution >= 0.6 is 15.9 Å². The van der Waals surface area contributed by atoms with Crippen molar-refractivity contribution in [1.29, 1.82) is 0 Å². The molecule has 1 aromatic heterocycles. The smallest absolute Gasteiger partial charge is 0.148 e. The molecule has 1 aromatic carbocycles. The Kier molecular flexibility index (Phi) is 4.06. The molecule has 5 heteroatoms. The van der Waals surface area contributed by atoms with E-state index in [9.17, 15) is 0 Å². The van der Waals surface area contributed by atoms with Crippen molar-refractivity contribution in [3.63, 3.8) is 0 Å². The minimum Gasteiger partial charge on any atom is -0.367 e. The predicted octanol–water partition coefficient (Wildman–Crippen LogP) is 2.28. The fraction of sp³-hybridized carbons (Fsp3) is 0.167. The summed E-state index contributed by atoms with van der Waals surface area (Å²) < 4.78 is 1.01. The van der Waals surface area contributed by atoms with Gasteiger partial charge in [-0.25, -0.2) is 0 Å². The van der Waals surface area contributed by atoms with Gasteiger partial charge in [0.25, 0.3) is 0 Å². The molecular weight excluding hydrogens is 280 g/mol. The highest BCUT2D eigenvalue weighted by Crippen LogP contribution is 2.25. The minimum absolute atomic E-state index is 0.577. The van der Waals surface area contributed by atoms with Gasteiger partial charge in [-0.2, -0.15) is 0 Å². The van der Waals surface area contributed by atoms with Gasteiger partial charge in [0, 0.05) is 23.1 Å². The average molecular weight is 293 g/mol. The molecule has 2 rings (SSSR count). The summed E-state index contributed by atoms with van der Waals surface area (Å²) in [7, 11) is 0. The summed E-state index contributed by atoms with van der Waals surface area (Å²) >= 11 is 3.49. The predicted molar refractivity (Wildman–Crippen MR) is 72.7 cm³/mol. The SMILES string of the molecule is NCCNc1ccc(-c2ccccc2Br)nn1. The first-order valence-corrected chi connectivity index (χ1v) is 6.13. The Morgan fingerprint density at radius 1 is 1.12 bits per heavy atom. The molecule has 2 aromatic rings. The molecule has 0 aliphatic carbocycles. The number of rotatable bonds is 4. The highest BCUT2D eigenvalue weighted by Gasteiger charge is 2.04. The van der Waals surface area contributed by atoms with Crippen molar-refractivity contribution in [3.05, 3.63) is 40.9 Å². The Hall–Kier alpha value is -1.46. The summed E-state index contributed by atoms with van der Waals surface area (Å²) in [5.74, 6) is 0.742. The number of nitrogens with two attached hydrogens (primary N) is 1. The van der Waals surface area contributed by atoms with Gasteiger partial charge in [-0.3, -0.25) is 0 Å². The van der Waals surface area contributed by atoms with E-state index in [1.54, 1.807) is 0 Å². The van der Waals surface area contributed by atoms with Crippen LogP contribution in [0.1, 0.15) is 0 Å². The summed E-state index contributed by atoms with van der Waals surface area (Å²) in [6.07, 6.45) is 0. The van der Waals surface area contributed by atoms with Crippen LogP contribution in [0.2, 0.25) is 0 Å². The van der Waals surface area contributed by atoms with E-state index >= 15 is 0 Å². The lowest BCUT2D eigenvalue weighted by atomic mass is 10.1. The first kappa shape index (κ1) is 12.0. The monoisotopic (exact) mass is 292 g/mol. The molecule has 0 atom stereocenters. The van der Waals surface area contributed by atoms with Crippen LogP contribution in [0.5, 0.6) is 0 Å². The summed E-state index contributed by atoms with van der Waals surface area (Å²) in [4.78, 5) is 0. The van der Waals surface area contributed by atoms with Gasteiger partial charge in [0.2, 0.25) is 0 Å². The second-order valence-electron chi connectivity index (χ2n) is 3.50. The van der Waals surface area contributed by atoms with Gasteiger partial charge in [0.1, 0.15) is 5.82 Å². The van der Waals surface area contributed by atoms with Crippen LogP contribution in [0.15, 0.2) is 40.9 Å². The highest BCUT2D eigenvalue weighted by atomic mass is 79.9. The number of hydrogen-bond donors (Lipinski definition) is 2. The molecule has 3 N–H and O–H groups in total. The average Bonchev–Trinajstić information content (AvgIpc) is 2.38. The second-order valence-corrected chi connectivity index (χ2v) is 4.35. The molecule has 0 unspecified atom stereocenters. The van der Waals surface area contributed by atoms with E-state index < -0.39 is 0 Å². The van der Waals surface area contributed by atoms with Crippen molar-refractivity contribution in [2.24, 2.45) is 5.73 Å². The molecule has 0 saturated heterocycles. The van der Waals surface area contributed by atoms with Crippen molar-refractivity contribution in [2.45, 2.75) is 0 Å². The van der Waals surface area contributed by atoms with E-state index in [0.29, 0.717) is 13.1 Å². The normalized spacial score (nSPS) is 10.2. The topological polar surface area (TPSA) is 63.8 Å². The van der Waals surface area contributed by atoms with Crippen LogP contribution in [-0.4, -0.2) is 23.3 Å². The standard InChI is InChI=1S/C12H13BrN4/c13-10-4-2-1-3-9(10)11-5-6-12(17-16-11)15-8-7-14/h1-6H,7-8,14H2,(H,15,17). The molecule has 17 heavy (non-hydrogen) atoms. The maximum atomic E-state index is 5.40. The van der Waals surface area contributed by atoms with Crippen molar-refractivity contribution < 1.29 is 0 Å². The lowest BCUT2D eigenvalue weighted by Gasteiger charge is -2.05. The zero-order valence-corrected chi connectivity index (χ0v) is 10.8. The van der Waals surface area contributed by atoms with Gasteiger partial charge in [-0.05, 0) is 18.2 Å². The van der Waals surface area contributed by atoms with Gasteiger partial charge in [0.15, 0.2) is 0 Å². The summed E-state index contributed by atoms with van der Waals surface area (Å²) in [6, 6.07) is 11.8. The van der Waals surface area contributed by atoms with Crippen molar-refractivity contribution in [1.82, 2.24) is 10.2 Å². The lowest BCUT2D eigenvalue weighted by Crippen LogP contribution is -2.14. The van der Waals surface area contributed by atoms with E-state index in [1.165, 1.54) is 0 Å². The van der Waals surface area contributed by atoms with Gasteiger partial charge in [-0.15, -0.1) is 10.2 Å². The quantitative estimate of drug-likeness (QED) is 0.907. The molecular formula is C12H13BrN4. The summed E-state index contributed by atoms with van der Waals surface area (Å²) in [5, 5.41) is 11.4. The fourth-order valence-corrected chi connectivity index (χ4v) is 1.93. The van der Waals surface area contributed by atoms with Crippen LogP contribution in [0, 0.1) is 0 Å². The third-order valence-electron chi connectivity index (χ3n) is 2.26. The van der Waals surface area contributed by atoms with Crippen LogP contribution in [0.3, 0.4) is 0 Å². The largest absolute Gasteiger partial charge is 0.367 e. The third-order valence-corrected chi connectivity index (χ3v) is 2.96. The maximum Gasteiger partial charge on any atom is 0.148 e. The number of nitrogens with one attached hydrogen (secondary N) is 1.